The average molecular weight is 586 g/mol. The second kappa shape index (κ2) is 26.3. The Labute approximate surface area is 254 Å². The minimum atomic E-state index is -0.626. The Morgan fingerprint density at radius 2 is 1.60 bits per heavy atom. The first-order valence-corrected chi connectivity index (χ1v) is 15.1. The van der Waals surface area contributed by atoms with Crippen LogP contribution in [0, 0.1) is 11.8 Å². The lowest BCUT2D eigenvalue weighted by Crippen LogP contribution is -2.43. The molecule has 0 unspecified atom stereocenters. The van der Waals surface area contributed by atoms with E-state index >= 15 is 0 Å². The molecule has 236 valence electrons. The Morgan fingerprint density at radius 3 is 2.14 bits per heavy atom. The molecule has 0 radical (unpaired) electrons. The lowest BCUT2D eigenvalue weighted by Gasteiger charge is -2.24. The molecule has 0 bridgehead atoms. The van der Waals surface area contributed by atoms with Crippen LogP contribution in [0.4, 0.5) is 0 Å². The zero-order valence-corrected chi connectivity index (χ0v) is 27.1. The quantitative estimate of drug-likeness (QED) is 0.121. The molecule has 0 aromatic heterocycles. The number of benzene rings is 2. The van der Waals surface area contributed by atoms with Crippen molar-refractivity contribution in [2.45, 2.75) is 87.6 Å². The number of hydrogen-bond acceptors (Lipinski definition) is 5. The van der Waals surface area contributed by atoms with Gasteiger partial charge in [-0.15, -0.1) is 6.58 Å². The van der Waals surface area contributed by atoms with E-state index in [4.69, 9.17) is 9.94 Å². The maximum atomic E-state index is 13.0. The summed E-state index contributed by atoms with van der Waals surface area (Å²) in [6, 6.07) is 17.1. The Morgan fingerprint density at radius 1 is 1.00 bits per heavy atom. The molecule has 2 rings (SSSR count). The van der Waals surface area contributed by atoms with Crippen molar-refractivity contribution >= 4 is 17.7 Å². The van der Waals surface area contributed by atoms with Gasteiger partial charge in [0.25, 0.3) is 0 Å². The van der Waals surface area contributed by atoms with Gasteiger partial charge >= 0.3 is 0 Å². The van der Waals surface area contributed by atoms with Gasteiger partial charge in [0, 0.05) is 25.4 Å². The molecule has 0 aliphatic rings. The van der Waals surface area contributed by atoms with Gasteiger partial charge in [-0.2, -0.15) is 0 Å². The number of para-hydroxylation sites is 1. The third kappa shape index (κ3) is 18.7. The van der Waals surface area contributed by atoms with Crippen LogP contribution in [0.2, 0.25) is 0 Å². The molecule has 3 N–H and O–H groups in total. The molecular formula is C34H55N3O5. The van der Waals surface area contributed by atoms with Crippen LogP contribution in [0.1, 0.15) is 86.6 Å². The third-order valence-corrected chi connectivity index (χ3v) is 5.48. The highest BCUT2D eigenvalue weighted by Crippen LogP contribution is 2.22. The van der Waals surface area contributed by atoms with Crippen molar-refractivity contribution in [1.29, 1.82) is 0 Å². The van der Waals surface area contributed by atoms with Crippen molar-refractivity contribution in [3.63, 3.8) is 0 Å². The molecule has 1 atom stereocenters. The molecule has 0 saturated heterocycles. The summed E-state index contributed by atoms with van der Waals surface area (Å²) in [5.74, 6) is -0.217. The lowest BCUT2D eigenvalue weighted by atomic mass is 9.93. The van der Waals surface area contributed by atoms with E-state index < -0.39 is 11.8 Å². The first-order chi connectivity index (χ1) is 20.2. The highest BCUT2D eigenvalue weighted by atomic mass is 16.5. The van der Waals surface area contributed by atoms with Crippen LogP contribution in [0.15, 0.2) is 67.3 Å². The van der Waals surface area contributed by atoms with Gasteiger partial charge in [-0.05, 0) is 55.5 Å². The number of ether oxygens (including phenoxy) is 1. The van der Waals surface area contributed by atoms with Crippen LogP contribution in [0.3, 0.4) is 0 Å². The fourth-order valence-corrected chi connectivity index (χ4v) is 3.73. The van der Waals surface area contributed by atoms with Crippen molar-refractivity contribution in [2.75, 3.05) is 13.1 Å². The predicted molar refractivity (Wildman–Crippen MR) is 172 cm³/mol. The summed E-state index contributed by atoms with van der Waals surface area (Å²) in [5.41, 5.74) is 2.50. The van der Waals surface area contributed by atoms with E-state index in [0.29, 0.717) is 25.3 Å². The molecule has 3 amide bonds. The second-order valence-corrected chi connectivity index (χ2v) is 9.42. The molecule has 0 fully saturated rings. The van der Waals surface area contributed by atoms with Gasteiger partial charge in [0.2, 0.25) is 17.7 Å². The van der Waals surface area contributed by atoms with Crippen LogP contribution in [-0.4, -0.2) is 40.9 Å². The molecule has 0 heterocycles. The topological polar surface area (TPSA) is 108 Å². The number of nitrogens with zero attached hydrogens (tertiary/aromatic N) is 1. The van der Waals surface area contributed by atoms with Gasteiger partial charge in [-0.3, -0.25) is 19.6 Å². The number of hydroxylamine groups is 1. The summed E-state index contributed by atoms with van der Waals surface area (Å²) >= 11 is 0. The van der Waals surface area contributed by atoms with Crippen LogP contribution < -0.4 is 15.5 Å². The van der Waals surface area contributed by atoms with Crippen molar-refractivity contribution < 1.29 is 24.3 Å². The van der Waals surface area contributed by atoms with Gasteiger partial charge in [0.15, 0.2) is 0 Å². The van der Waals surface area contributed by atoms with Crippen molar-refractivity contribution in [2.24, 2.45) is 11.8 Å². The minimum Gasteiger partial charge on any atom is -0.457 e. The normalized spacial score (nSPS) is 10.2. The first kappa shape index (κ1) is 40.5. The molecular weight excluding hydrogens is 530 g/mol. The Balaban J connectivity index is 0. The Bertz CT molecular complexity index is 996. The molecule has 0 aliphatic carbocycles. The summed E-state index contributed by atoms with van der Waals surface area (Å²) < 4.78 is 5.91. The van der Waals surface area contributed by atoms with Gasteiger partial charge in [0.1, 0.15) is 11.5 Å². The van der Waals surface area contributed by atoms with Crippen LogP contribution >= 0.6 is 0 Å². The molecule has 0 spiro atoms. The average Bonchev–Trinajstić information content (AvgIpc) is 3.00. The van der Waals surface area contributed by atoms with E-state index in [-0.39, 0.29) is 30.7 Å². The van der Waals surface area contributed by atoms with E-state index in [1.165, 1.54) is 0 Å². The van der Waals surface area contributed by atoms with Gasteiger partial charge in [0.05, 0.1) is 6.54 Å². The van der Waals surface area contributed by atoms with E-state index in [2.05, 4.69) is 18.8 Å². The van der Waals surface area contributed by atoms with E-state index in [1.54, 1.807) is 16.5 Å². The van der Waals surface area contributed by atoms with Crippen LogP contribution in [0.25, 0.3) is 0 Å². The predicted octanol–water partition coefficient (Wildman–Crippen LogP) is 7.53. The number of carbonyl (C=O) groups excluding carboxylic acids is 3. The molecule has 0 saturated carbocycles. The van der Waals surface area contributed by atoms with Crippen molar-refractivity contribution in [3.05, 3.63) is 72.8 Å². The molecule has 42 heavy (non-hydrogen) atoms. The van der Waals surface area contributed by atoms with Crippen LogP contribution in [0.5, 0.6) is 11.5 Å². The highest BCUT2D eigenvalue weighted by Gasteiger charge is 2.24. The fraction of sp³-hybridized carbons (Fsp3) is 0.500. The summed E-state index contributed by atoms with van der Waals surface area (Å²) in [6.45, 7) is 20.0. The van der Waals surface area contributed by atoms with E-state index in [0.717, 1.165) is 24.2 Å². The molecule has 2 aromatic rings. The fourth-order valence-electron chi connectivity index (χ4n) is 3.73. The zero-order chi connectivity index (χ0) is 32.3. The molecule has 2 aromatic carbocycles. The monoisotopic (exact) mass is 585 g/mol. The van der Waals surface area contributed by atoms with E-state index in [9.17, 15) is 14.4 Å². The number of nitrogens with one attached hydrogen (secondary N) is 2. The number of amides is 3. The summed E-state index contributed by atoms with van der Waals surface area (Å²) in [5, 5.41) is 11.5. The summed E-state index contributed by atoms with van der Waals surface area (Å²) in [6.07, 6.45) is 3.86. The number of hydrogen-bond donors (Lipinski definition) is 3. The number of carbonyl (C=O) groups is 3. The lowest BCUT2D eigenvalue weighted by molar-refractivity contribution is -0.137. The highest BCUT2D eigenvalue weighted by molar-refractivity contribution is 5.88. The maximum Gasteiger partial charge on any atom is 0.244 e. The van der Waals surface area contributed by atoms with Crippen molar-refractivity contribution in [3.8, 4) is 11.5 Å². The molecule has 8 nitrogen and oxygen atoms in total. The Kier molecular flexibility index (Phi) is 25.3. The van der Waals surface area contributed by atoms with Crippen molar-refractivity contribution in [1.82, 2.24) is 15.7 Å². The van der Waals surface area contributed by atoms with Gasteiger partial charge in [-0.25, -0.2) is 5.48 Å². The first-order valence-electron chi connectivity index (χ1n) is 15.1. The second-order valence-electron chi connectivity index (χ2n) is 9.42. The van der Waals surface area contributed by atoms with E-state index in [1.807, 2.05) is 103 Å². The smallest absolute Gasteiger partial charge is 0.244 e. The summed E-state index contributed by atoms with van der Waals surface area (Å²) in [7, 11) is 0. The largest absolute Gasteiger partial charge is 0.457 e. The Hall–Kier alpha value is -3.65. The summed E-state index contributed by atoms with van der Waals surface area (Å²) in [4.78, 5) is 39.0. The standard InChI is InChI=1S/C27H37N3O5.C3H6.2C2H6/c1-4-5-14-30(19-21-10-9-13-24(16-21)35-23-11-7-6-8-12-23)26(32)18-28-27(33)22(15-20(2)3)17-25(31)29-34;1-3-2;2*1-2/h6-13,16,20,22,34H,4-5,14-15,17-19H2,1-3H3,(H,28,33)(H,29,31);3H,1H2,2H3;2*1-2H3/t22-;;;/m1.../s1. The number of allylic oxidation sites excluding steroid dienone is 1. The third-order valence-electron chi connectivity index (χ3n) is 5.48. The van der Waals surface area contributed by atoms with Gasteiger partial charge < -0.3 is 15.0 Å². The zero-order valence-electron chi connectivity index (χ0n) is 27.1. The maximum absolute atomic E-state index is 13.0. The molecule has 0 aliphatic heterocycles. The SMILES string of the molecule is C=CC.CC.CC.CCCCN(Cc1cccc(Oc2ccccc2)c1)C(=O)CNC(=O)[C@@H](CC(=O)NO)CC(C)C. The minimum absolute atomic E-state index is 0.136. The van der Waals surface area contributed by atoms with Crippen LogP contribution in [-0.2, 0) is 20.9 Å². The number of rotatable bonds is 14. The van der Waals surface area contributed by atoms with Gasteiger partial charge in [-0.1, -0.05) is 91.3 Å². The molecule has 8 heteroatoms. The number of unbranched alkanes of at least 4 members (excludes halogenated alkanes) is 1.